The molecule has 0 spiro atoms. The van der Waals surface area contributed by atoms with Crippen LogP contribution in [0.25, 0.3) is 0 Å². The second-order valence-corrected chi connectivity index (χ2v) is 2.39. The predicted octanol–water partition coefficient (Wildman–Crippen LogP) is 0.597. The first-order valence-corrected chi connectivity index (χ1v) is 3.47. The van der Waals surface area contributed by atoms with Crippen molar-refractivity contribution in [1.82, 2.24) is 9.13 Å². The number of aryl methyl sites for hydroxylation is 2. The van der Waals surface area contributed by atoms with Gasteiger partial charge < -0.3 is 4.57 Å². The number of nitrogens with zero attached hydrogens (tertiary/aromatic N) is 2. The van der Waals surface area contributed by atoms with E-state index in [4.69, 9.17) is 0 Å². The predicted molar refractivity (Wildman–Crippen MR) is 40.0 cm³/mol. The Morgan fingerprint density at radius 2 is 2.20 bits per heavy atom. The fraction of sp³-hybridized carbons (Fsp3) is 0.571. The quantitative estimate of drug-likeness (QED) is 0.591. The lowest BCUT2D eigenvalue weighted by Crippen LogP contribution is -2.21. The van der Waals surface area contributed by atoms with Crippen LogP contribution in [0.1, 0.15) is 13.3 Å². The minimum atomic E-state index is 0.0712. The lowest BCUT2D eigenvalue weighted by Gasteiger charge is -1.94. The zero-order valence-corrected chi connectivity index (χ0v) is 6.37. The second-order valence-electron chi connectivity index (χ2n) is 2.39. The summed E-state index contributed by atoms with van der Waals surface area (Å²) in [4.78, 5) is 11.1. The number of hydrogen-bond acceptors (Lipinski definition) is 1. The van der Waals surface area contributed by atoms with E-state index in [9.17, 15) is 4.79 Å². The molecule has 0 fully saturated rings. The Kier molecular flexibility index (Phi) is 1.94. The SMILES string of the molecule is CCCn1ccn(C)c1=O. The Hall–Kier alpha value is -0.990. The number of aromatic nitrogens is 2. The van der Waals surface area contributed by atoms with E-state index in [0.29, 0.717) is 0 Å². The van der Waals surface area contributed by atoms with Crippen LogP contribution < -0.4 is 5.69 Å². The molecular formula is C7H12N2O. The standard InChI is InChI=1S/C7H12N2O/c1-3-4-9-6-5-8(2)7(9)10/h5-6H,3-4H2,1-2H3. The third kappa shape index (κ3) is 1.12. The third-order valence-electron chi connectivity index (χ3n) is 1.48. The van der Waals surface area contributed by atoms with Gasteiger partial charge in [0, 0.05) is 26.0 Å². The normalized spacial score (nSPS) is 10.2. The highest BCUT2D eigenvalue weighted by Crippen LogP contribution is 1.84. The summed E-state index contributed by atoms with van der Waals surface area (Å²) in [7, 11) is 1.76. The van der Waals surface area contributed by atoms with Gasteiger partial charge in [0.05, 0.1) is 0 Å². The highest BCUT2D eigenvalue weighted by molar-refractivity contribution is 4.79. The van der Waals surface area contributed by atoms with E-state index in [-0.39, 0.29) is 5.69 Å². The van der Waals surface area contributed by atoms with E-state index in [1.165, 1.54) is 0 Å². The molecule has 10 heavy (non-hydrogen) atoms. The van der Waals surface area contributed by atoms with Gasteiger partial charge in [0.25, 0.3) is 0 Å². The summed E-state index contributed by atoms with van der Waals surface area (Å²) in [6.45, 7) is 2.87. The molecule has 0 radical (unpaired) electrons. The average molecular weight is 140 g/mol. The first-order chi connectivity index (χ1) is 4.75. The molecule has 0 bridgehead atoms. The average Bonchev–Trinajstić information content (AvgIpc) is 2.20. The van der Waals surface area contributed by atoms with Crippen molar-refractivity contribution in [1.29, 1.82) is 0 Å². The van der Waals surface area contributed by atoms with Gasteiger partial charge in [0.1, 0.15) is 0 Å². The Labute approximate surface area is 59.9 Å². The minimum Gasteiger partial charge on any atom is -0.302 e. The van der Waals surface area contributed by atoms with Gasteiger partial charge >= 0.3 is 5.69 Å². The lowest BCUT2D eigenvalue weighted by molar-refractivity contribution is 0.637. The highest BCUT2D eigenvalue weighted by Gasteiger charge is 1.95. The van der Waals surface area contributed by atoms with E-state index in [2.05, 4.69) is 6.92 Å². The van der Waals surface area contributed by atoms with Crippen molar-refractivity contribution in [2.75, 3.05) is 0 Å². The maximum atomic E-state index is 11.1. The summed E-state index contributed by atoms with van der Waals surface area (Å²) in [5, 5.41) is 0. The van der Waals surface area contributed by atoms with Crippen LogP contribution in [0.4, 0.5) is 0 Å². The topological polar surface area (TPSA) is 26.9 Å². The molecule has 0 aliphatic carbocycles. The molecule has 0 saturated carbocycles. The van der Waals surface area contributed by atoms with Gasteiger partial charge in [-0.3, -0.25) is 4.57 Å². The van der Waals surface area contributed by atoms with Crippen molar-refractivity contribution >= 4 is 0 Å². The van der Waals surface area contributed by atoms with Crippen molar-refractivity contribution in [3.8, 4) is 0 Å². The smallest absolute Gasteiger partial charge is 0.302 e. The molecule has 1 heterocycles. The highest BCUT2D eigenvalue weighted by atomic mass is 16.1. The molecule has 0 N–H and O–H groups in total. The van der Waals surface area contributed by atoms with Crippen LogP contribution in [0.3, 0.4) is 0 Å². The fourth-order valence-corrected chi connectivity index (χ4v) is 0.922. The zero-order chi connectivity index (χ0) is 7.56. The Morgan fingerprint density at radius 3 is 2.60 bits per heavy atom. The van der Waals surface area contributed by atoms with Crippen LogP contribution >= 0.6 is 0 Å². The van der Waals surface area contributed by atoms with Crippen molar-refractivity contribution in [3.63, 3.8) is 0 Å². The van der Waals surface area contributed by atoms with Crippen LogP contribution in [0.2, 0.25) is 0 Å². The largest absolute Gasteiger partial charge is 0.327 e. The van der Waals surface area contributed by atoms with Crippen LogP contribution in [0.15, 0.2) is 17.2 Å². The Balaban J connectivity index is 2.95. The number of imidazole rings is 1. The summed E-state index contributed by atoms with van der Waals surface area (Å²) in [5.41, 5.74) is 0.0712. The van der Waals surface area contributed by atoms with Gasteiger partial charge in [-0.25, -0.2) is 4.79 Å². The van der Waals surface area contributed by atoms with Gasteiger partial charge in [0.2, 0.25) is 0 Å². The first kappa shape index (κ1) is 7.12. The molecule has 1 aromatic heterocycles. The van der Waals surface area contributed by atoms with Crippen molar-refractivity contribution in [2.45, 2.75) is 19.9 Å². The van der Waals surface area contributed by atoms with Gasteiger partial charge in [-0.15, -0.1) is 0 Å². The van der Waals surface area contributed by atoms with E-state index in [0.717, 1.165) is 13.0 Å². The van der Waals surface area contributed by atoms with Gasteiger partial charge in [-0.2, -0.15) is 0 Å². The Morgan fingerprint density at radius 1 is 1.50 bits per heavy atom. The molecule has 0 aliphatic rings. The molecular weight excluding hydrogens is 128 g/mol. The van der Waals surface area contributed by atoms with Gasteiger partial charge in [0.15, 0.2) is 0 Å². The zero-order valence-electron chi connectivity index (χ0n) is 6.37. The lowest BCUT2D eigenvalue weighted by atomic mass is 10.5. The second kappa shape index (κ2) is 2.73. The third-order valence-corrected chi connectivity index (χ3v) is 1.48. The molecule has 0 unspecified atom stereocenters. The van der Waals surface area contributed by atoms with Crippen molar-refractivity contribution < 1.29 is 0 Å². The van der Waals surface area contributed by atoms with Crippen molar-refractivity contribution in [3.05, 3.63) is 22.9 Å². The van der Waals surface area contributed by atoms with Gasteiger partial charge in [-0.1, -0.05) is 6.92 Å². The fourth-order valence-electron chi connectivity index (χ4n) is 0.922. The van der Waals surface area contributed by atoms with Crippen LogP contribution in [0, 0.1) is 0 Å². The summed E-state index contributed by atoms with van der Waals surface area (Å²) in [6.07, 6.45) is 4.59. The molecule has 1 rings (SSSR count). The summed E-state index contributed by atoms with van der Waals surface area (Å²) >= 11 is 0. The summed E-state index contributed by atoms with van der Waals surface area (Å²) in [5.74, 6) is 0. The molecule has 3 heteroatoms. The molecule has 1 aromatic rings. The minimum absolute atomic E-state index is 0.0712. The van der Waals surface area contributed by atoms with Crippen LogP contribution in [-0.4, -0.2) is 9.13 Å². The Bertz CT molecular complexity index is 259. The van der Waals surface area contributed by atoms with E-state index < -0.39 is 0 Å². The first-order valence-electron chi connectivity index (χ1n) is 3.47. The monoisotopic (exact) mass is 140 g/mol. The van der Waals surface area contributed by atoms with E-state index in [1.807, 2.05) is 6.20 Å². The number of rotatable bonds is 2. The summed E-state index contributed by atoms with van der Waals surface area (Å²) in [6, 6.07) is 0. The summed E-state index contributed by atoms with van der Waals surface area (Å²) < 4.78 is 3.29. The molecule has 3 nitrogen and oxygen atoms in total. The van der Waals surface area contributed by atoms with Crippen LogP contribution in [-0.2, 0) is 13.6 Å². The van der Waals surface area contributed by atoms with E-state index >= 15 is 0 Å². The van der Waals surface area contributed by atoms with Crippen molar-refractivity contribution in [2.24, 2.45) is 7.05 Å². The van der Waals surface area contributed by atoms with Gasteiger partial charge in [-0.05, 0) is 6.42 Å². The maximum absolute atomic E-state index is 11.1. The molecule has 56 valence electrons. The maximum Gasteiger partial charge on any atom is 0.327 e. The molecule has 0 amide bonds. The van der Waals surface area contributed by atoms with E-state index in [1.54, 1.807) is 22.4 Å². The molecule has 0 saturated heterocycles. The van der Waals surface area contributed by atoms with Crippen LogP contribution in [0.5, 0.6) is 0 Å². The number of hydrogen-bond donors (Lipinski definition) is 0. The molecule has 0 aliphatic heterocycles. The molecule has 0 atom stereocenters. The molecule has 0 aromatic carbocycles.